The van der Waals surface area contributed by atoms with Crippen LogP contribution in [0.25, 0.3) is 0 Å². The molecule has 1 fully saturated rings. The van der Waals surface area contributed by atoms with Gasteiger partial charge in [0.05, 0.1) is 5.60 Å². The molecule has 0 saturated carbocycles. The molecule has 1 heterocycles. The molecule has 20 heavy (non-hydrogen) atoms. The molecular weight excluding hydrogens is 288 g/mol. The largest absolute Gasteiger partial charge is 0.434 e. The van der Waals surface area contributed by atoms with Crippen LogP contribution in [0, 0.1) is 0 Å². The van der Waals surface area contributed by atoms with Crippen LogP contribution in [0.3, 0.4) is 0 Å². The molecule has 1 aliphatic heterocycles. The Morgan fingerprint density at radius 1 is 1.50 bits per heavy atom. The van der Waals surface area contributed by atoms with Crippen LogP contribution in [-0.4, -0.2) is 25.4 Å². The van der Waals surface area contributed by atoms with Gasteiger partial charge in [0.25, 0.3) is 0 Å². The standard InChI is InChI=1S/C14H18ClF2NO2/c1-14(5-2-6-19-14)9-18-8-10-7-11(15)3-4-12(10)20-13(16)17/h3-4,7,13,18H,2,5-6,8-9H2,1H3. The van der Waals surface area contributed by atoms with Gasteiger partial charge in [-0.1, -0.05) is 11.6 Å². The van der Waals surface area contributed by atoms with Crippen LogP contribution < -0.4 is 10.1 Å². The van der Waals surface area contributed by atoms with E-state index in [2.05, 4.69) is 10.1 Å². The number of hydrogen-bond donors (Lipinski definition) is 1. The summed E-state index contributed by atoms with van der Waals surface area (Å²) in [7, 11) is 0. The third-order valence-corrected chi connectivity index (χ3v) is 3.59. The molecule has 1 saturated heterocycles. The van der Waals surface area contributed by atoms with Crippen LogP contribution in [0.5, 0.6) is 5.75 Å². The third kappa shape index (κ3) is 4.30. The summed E-state index contributed by atoms with van der Waals surface area (Å²) in [6, 6.07) is 4.62. The first-order valence-corrected chi connectivity index (χ1v) is 6.94. The van der Waals surface area contributed by atoms with Crippen molar-refractivity contribution in [1.82, 2.24) is 5.32 Å². The molecule has 1 aliphatic rings. The van der Waals surface area contributed by atoms with Gasteiger partial charge in [0, 0.05) is 30.3 Å². The molecule has 1 aromatic rings. The molecule has 6 heteroatoms. The fraction of sp³-hybridized carbons (Fsp3) is 0.571. The Hall–Kier alpha value is -0.910. The van der Waals surface area contributed by atoms with Gasteiger partial charge in [-0.25, -0.2) is 0 Å². The van der Waals surface area contributed by atoms with Crippen molar-refractivity contribution in [3.05, 3.63) is 28.8 Å². The highest BCUT2D eigenvalue weighted by Gasteiger charge is 2.29. The van der Waals surface area contributed by atoms with E-state index in [1.807, 2.05) is 6.92 Å². The second-order valence-electron chi connectivity index (χ2n) is 5.14. The quantitative estimate of drug-likeness (QED) is 0.871. The number of rotatable bonds is 6. The first-order valence-electron chi connectivity index (χ1n) is 6.56. The van der Waals surface area contributed by atoms with Gasteiger partial charge in [0.15, 0.2) is 0 Å². The minimum atomic E-state index is -2.84. The molecule has 1 unspecified atom stereocenters. The lowest BCUT2D eigenvalue weighted by Gasteiger charge is -2.23. The minimum Gasteiger partial charge on any atom is -0.434 e. The van der Waals surface area contributed by atoms with Gasteiger partial charge in [0.2, 0.25) is 0 Å². The summed E-state index contributed by atoms with van der Waals surface area (Å²) in [6.07, 6.45) is 2.05. The van der Waals surface area contributed by atoms with Crippen molar-refractivity contribution in [3.63, 3.8) is 0 Å². The van der Waals surface area contributed by atoms with Gasteiger partial charge < -0.3 is 14.8 Å². The number of halogens is 3. The van der Waals surface area contributed by atoms with Crippen LogP contribution in [0.2, 0.25) is 5.02 Å². The van der Waals surface area contributed by atoms with Gasteiger partial charge in [-0.3, -0.25) is 0 Å². The first-order chi connectivity index (χ1) is 9.48. The van der Waals surface area contributed by atoms with E-state index in [9.17, 15) is 8.78 Å². The maximum absolute atomic E-state index is 12.3. The fourth-order valence-corrected chi connectivity index (χ4v) is 2.53. The van der Waals surface area contributed by atoms with E-state index in [-0.39, 0.29) is 11.4 Å². The number of nitrogens with one attached hydrogen (secondary N) is 1. The molecule has 0 amide bonds. The van der Waals surface area contributed by atoms with Crippen LogP contribution in [0.4, 0.5) is 8.78 Å². The summed E-state index contributed by atoms with van der Waals surface area (Å²) < 4.78 is 34.8. The smallest absolute Gasteiger partial charge is 0.387 e. The van der Waals surface area contributed by atoms with Crippen molar-refractivity contribution in [2.75, 3.05) is 13.2 Å². The van der Waals surface area contributed by atoms with Crippen LogP contribution in [-0.2, 0) is 11.3 Å². The van der Waals surface area contributed by atoms with E-state index in [1.54, 1.807) is 6.07 Å². The van der Waals surface area contributed by atoms with Gasteiger partial charge in [0.1, 0.15) is 5.75 Å². The summed E-state index contributed by atoms with van der Waals surface area (Å²) in [5.74, 6) is 0.148. The maximum atomic E-state index is 12.3. The summed E-state index contributed by atoms with van der Waals surface area (Å²) in [5, 5.41) is 3.71. The van der Waals surface area contributed by atoms with E-state index >= 15 is 0 Å². The first kappa shape index (κ1) is 15.5. The van der Waals surface area contributed by atoms with E-state index in [1.165, 1.54) is 12.1 Å². The molecule has 1 N–H and O–H groups in total. The molecule has 0 radical (unpaired) electrons. The normalized spacial score (nSPS) is 22.4. The molecular formula is C14H18ClF2NO2. The number of hydrogen-bond acceptors (Lipinski definition) is 3. The molecule has 0 aromatic heterocycles. The van der Waals surface area contributed by atoms with E-state index in [0.29, 0.717) is 23.7 Å². The SMILES string of the molecule is CC1(CNCc2cc(Cl)ccc2OC(F)F)CCCO1. The molecule has 112 valence electrons. The summed E-state index contributed by atoms with van der Waals surface area (Å²) in [4.78, 5) is 0. The van der Waals surface area contributed by atoms with Crippen LogP contribution >= 0.6 is 11.6 Å². The highest BCUT2D eigenvalue weighted by Crippen LogP contribution is 2.26. The Morgan fingerprint density at radius 2 is 2.30 bits per heavy atom. The zero-order valence-electron chi connectivity index (χ0n) is 11.3. The zero-order chi connectivity index (χ0) is 14.6. The van der Waals surface area contributed by atoms with Crippen molar-refractivity contribution in [2.24, 2.45) is 0 Å². The van der Waals surface area contributed by atoms with Crippen molar-refractivity contribution in [2.45, 2.75) is 38.5 Å². The third-order valence-electron chi connectivity index (χ3n) is 3.35. The highest BCUT2D eigenvalue weighted by atomic mass is 35.5. The lowest BCUT2D eigenvalue weighted by molar-refractivity contribution is -0.0505. The number of alkyl halides is 2. The Balaban J connectivity index is 1.95. The average molecular weight is 306 g/mol. The highest BCUT2D eigenvalue weighted by molar-refractivity contribution is 6.30. The number of benzene rings is 1. The Bertz CT molecular complexity index is 451. The maximum Gasteiger partial charge on any atom is 0.387 e. The molecule has 0 spiro atoms. The Kier molecular flexibility index (Phi) is 5.18. The lowest BCUT2D eigenvalue weighted by Crippen LogP contribution is -2.36. The van der Waals surface area contributed by atoms with Gasteiger partial charge in [-0.05, 0) is 38.0 Å². The predicted molar refractivity (Wildman–Crippen MR) is 73.4 cm³/mol. The van der Waals surface area contributed by atoms with Crippen LogP contribution in [0.15, 0.2) is 18.2 Å². The Labute approximate surface area is 122 Å². The molecule has 0 bridgehead atoms. The van der Waals surface area contributed by atoms with Crippen molar-refractivity contribution in [1.29, 1.82) is 0 Å². The average Bonchev–Trinajstić information content (AvgIpc) is 2.79. The fourth-order valence-electron chi connectivity index (χ4n) is 2.33. The minimum absolute atomic E-state index is 0.148. The second-order valence-corrected chi connectivity index (χ2v) is 5.57. The van der Waals surface area contributed by atoms with Gasteiger partial charge in [-0.15, -0.1) is 0 Å². The van der Waals surface area contributed by atoms with E-state index in [4.69, 9.17) is 16.3 Å². The van der Waals surface area contributed by atoms with Crippen molar-refractivity contribution < 1.29 is 18.3 Å². The topological polar surface area (TPSA) is 30.5 Å². The van der Waals surface area contributed by atoms with E-state index in [0.717, 1.165) is 19.4 Å². The van der Waals surface area contributed by atoms with Crippen molar-refractivity contribution in [3.8, 4) is 5.75 Å². The van der Waals surface area contributed by atoms with Crippen LogP contribution in [0.1, 0.15) is 25.3 Å². The monoisotopic (exact) mass is 305 g/mol. The molecule has 1 atom stereocenters. The van der Waals surface area contributed by atoms with Crippen molar-refractivity contribution >= 4 is 11.6 Å². The molecule has 3 nitrogen and oxygen atoms in total. The lowest BCUT2D eigenvalue weighted by atomic mass is 10.0. The summed E-state index contributed by atoms with van der Waals surface area (Å²) in [6.45, 7) is 1.04. The van der Waals surface area contributed by atoms with Gasteiger partial charge >= 0.3 is 6.61 Å². The molecule has 0 aliphatic carbocycles. The molecule has 1 aromatic carbocycles. The number of ether oxygens (including phenoxy) is 2. The Morgan fingerprint density at radius 3 is 2.95 bits per heavy atom. The summed E-state index contributed by atoms with van der Waals surface area (Å²) >= 11 is 5.89. The second kappa shape index (κ2) is 6.70. The molecule has 2 rings (SSSR count). The predicted octanol–water partition coefficient (Wildman–Crippen LogP) is 3.60. The summed E-state index contributed by atoms with van der Waals surface area (Å²) in [5.41, 5.74) is 0.432. The van der Waals surface area contributed by atoms with E-state index < -0.39 is 6.61 Å². The van der Waals surface area contributed by atoms with Gasteiger partial charge in [-0.2, -0.15) is 8.78 Å². The zero-order valence-corrected chi connectivity index (χ0v) is 12.1.